The first-order valence-corrected chi connectivity index (χ1v) is 14.8. The number of fused-ring (bicyclic) bond motifs is 1. The molecule has 0 fully saturated rings. The van der Waals surface area contributed by atoms with Gasteiger partial charge in [0.05, 0.1) is 5.02 Å². The van der Waals surface area contributed by atoms with Crippen LogP contribution in [0.1, 0.15) is 37.1 Å². The molecule has 0 atom stereocenters. The number of aryl methyl sites for hydroxylation is 2. The Hall–Kier alpha value is -3.17. The predicted molar refractivity (Wildman–Crippen MR) is 157 cm³/mol. The van der Waals surface area contributed by atoms with Crippen molar-refractivity contribution < 1.29 is 41.0 Å². The van der Waals surface area contributed by atoms with E-state index in [2.05, 4.69) is 15.0 Å². The highest BCUT2D eigenvalue weighted by molar-refractivity contribution is 7.89. The molecule has 1 aromatic heterocycles. The molecule has 0 aliphatic rings. The highest BCUT2D eigenvalue weighted by atomic mass is 35.5. The van der Waals surface area contributed by atoms with Gasteiger partial charge in [0.15, 0.2) is 0 Å². The number of carbonyl (C=O) groups excluding carboxylic acids is 1. The van der Waals surface area contributed by atoms with E-state index in [0.717, 1.165) is 16.6 Å². The normalized spacial score (nSPS) is 12.0. The van der Waals surface area contributed by atoms with Gasteiger partial charge in [-0.1, -0.05) is 35.3 Å². The third kappa shape index (κ3) is 9.66. The maximum Gasteiger partial charge on any atom is 0.490 e. The molecule has 0 unspecified atom stereocenters. The number of sulfonamides is 1. The number of benzene rings is 2. The van der Waals surface area contributed by atoms with Gasteiger partial charge >= 0.3 is 12.1 Å². The molecular formula is C27H31Cl2F3N4O6S. The van der Waals surface area contributed by atoms with Crippen molar-refractivity contribution in [3.8, 4) is 5.75 Å². The standard InChI is InChI=1S/C25H30Cl2N4O4S.C2HF3O2/c1-15-13-16(2)30-23-17(15)7-5-8-20(23)35-14-18-19(26)9-10-21(22(18)27)36(33,34)31-25(3,4)24(32)29-12-6-11-28;3-2(4,5)1(6)7/h5,7-10,13,31H,6,11-12,14,28H2,1-4H3,(H,29,32);(H,6,7). The number of ether oxygens (including phenoxy) is 1. The molecule has 16 heteroatoms. The molecule has 0 bridgehead atoms. The fourth-order valence-electron chi connectivity index (χ4n) is 3.70. The number of nitrogens with zero attached hydrogens (tertiary/aromatic N) is 1. The molecule has 2 aromatic carbocycles. The minimum Gasteiger partial charge on any atom is -0.487 e. The van der Waals surface area contributed by atoms with E-state index in [1.54, 1.807) is 6.07 Å². The second kappa shape index (κ2) is 14.5. The van der Waals surface area contributed by atoms with Crippen molar-refractivity contribution in [2.45, 2.75) is 57.3 Å². The Morgan fingerprint density at radius 3 is 2.33 bits per heavy atom. The summed E-state index contributed by atoms with van der Waals surface area (Å²) in [6.07, 6.45) is -4.51. The molecule has 0 aliphatic heterocycles. The quantitative estimate of drug-likeness (QED) is 0.222. The van der Waals surface area contributed by atoms with Crippen molar-refractivity contribution in [2.24, 2.45) is 5.73 Å². The van der Waals surface area contributed by atoms with Crippen LogP contribution in [0.5, 0.6) is 5.75 Å². The van der Waals surface area contributed by atoms with Gasteiger partial charge in [-0.15, -0.1) is 0 Å². The fourth-order valence-corrected chi connectivity index (χ4v) is 5.97. The number of hydrogen-bond donors (Lipinski definition) is 4. The van der Waals surface area contributed by atoms with Crippen molar-refractivity contribution in [1.29, 1.82) is 0 Å². The van der Waals surface area contributed by atoms with Gasteiger partial charge in [-0.2, -0.15) is 17.9 Å². The summed E-state index contributed by atoms with van der Waals surface area (Å²) in [6, 6.07) is 10.3. The number of aromatic nitrogens is 1. The Balaban J connectivity index is 0.000000821. The van der Waals surface area contributed by atoms with Gasteiger partial charge in [-0.3, -0.25) is 4.79 Å². The molecule has 0 saturated carbocycles. The zero-order valence-electron chi connectivity index (χ0n) is 23.6. The average Bonchev–Trinajstić information content (AvgIpc) is 2.87. The molecule has 10 nitrogen and oxygen atoms in total. The van der Waals surface area contributed by atoms with Crippen LogP contribution >= 0.6 is 23.2 Å². The van der Waals surface area contributed by atoms with E-state index in [-0.39, 0.29) is 21.5 Å². The van der Waals surface area contributed by atoms with Crippen molar-refractivity contribution in [3.63, 3.8) is 0 Å². The zero-order valence-corrected chi connectivity index (χ0v) is 25.9. The first-order valence-electron chi connectivity index (χ1n) is 12.6. The predicted octanol–water partition coefficient (Wildman–Crippen LogP) is 4.89. The van der Waals surface area contributed by atoms with E-state index >= 15 is 0 Å². The molecule has 43 heavy (non-hydrogen) atoms. The van der Waals surface area contributed by atoms with Gasteiger partial charge < -0.3 is 20.9 Å². The summed E-state index contributed by atoms with van der Waals surface area (Å²) in [5.74, 6) is -2.72. The number of nitrogens with two attached hydrogens (primary N) is 1. The van der Waals surface area contributed by atoms with E-state index in [1.807, 2.05) is 32.0 Å². The van der Waals surface area contributed by atoms with Crippen molar-refractivity contribution >= 4 is 56.0 Å². The Morgan fingerprint density at radius 1 is 1.12 bits per heavy atom. The molecule has 236 valence electrons. The van der Waals surface area contributed by atoms with E-state index in [1.165, 1.54) is 26.0 Å². The first-order chi connectivity index (χ1) is 19.8. The Bertz CT molecular complexity index is 1600. The fraction of sp³-hybridized carbons (Fsp3) is 0.370. The number of alkyl halides is 3. The first kappa shape index (κ1) is 36.0. The largest absolute Gasteiger partial charge is 0.490 e. The topological polar surface area (TPSA) is 161 Å². The minimum atomic E-state index is -5.08. The smallest absolute Gasteiger partial charge is 0.487 e. The number of amides is 1. The molecule has 1 heterocycles. The lowest BCUT2D eigenvalue weighted by molar-refractivity contribution is -0.192. The lowest BCUT2D eigenvalue weighted by atomic mass is 10.1. The number of aliphatic carboxylic acids is 1. The SMILES string of the molecule is Cc1cc(C)c2cccc(OCc3c(Cl)ccc(S(=O)(=O)NC(C)(C)C(=O)NCCCN)c3Cl)c2n1.O=C(O)C(F)(F)F. The summed E-state index contributed by atoms with van der Waals surface area (Å²) in [7, 11) is -4.19. The third-order valence-corrected chi connectivity index (χ3v) is 8.41. The maximum absolute atomic E-state index is 13.2. The number of carboxylic acid groups (broad SMARTS) is 1. The lowest BCUT2D eigenvalue weighted by Crippen LogP contribution is -2.54. The number of nitrogens with one attached hydrogen (secondary N) is 2. The summed E-state index contributed by atoms with van der Waals surface area (Å²) in [5, 5.41) is 10.9. The number of hydrogen-bond acceptors (Lipinski definition) is 7. The maximum atomic E-state index is 13.2. The second-order valence-corrected chi connectivity index (χ2v) is 12.2. The van der Waals surface area contributed by atoms with E-state index in [0.29, 0.717) is 36.3 Å². The van der Waals surface area contributed by atoms with Crippen LogP contribution in [-0.4, -0.2) is 55.2 Å². The molecule has 1 amide bonds. The molecule has 0 radical (unpaired) electrons. The molecule has 0 aliphatic carbocycles. The van der Waals surface area contributed by atoms with Gasteiger partial charge in [-0.25, -0.2) is 18.2 Å². The van der Waals surface area contributed by atoms with Crippen LogP contribution in [-0.2, 0) is 26.2 Å². The third-order valence-electron chi connectivity index (χ3n) is 5.82. The lowest BCUT2D eigenvalue weighted by Gasteiger charge is -2.25. The summed E-state index contributed by atoms with van der Waals surface area (Å²) < 4.78 is 66.6. The molecule has 0 saturated heterocycles. The Labute approximate surface area is 256 Å². The summed E-state index contributed by atoms with van der Waals surface area (Å²) in [6.45, 7) is 7.49. The second-order valence-electron chi connectivity index (χ2n) is 9.79. The Morgan fingerprint density at radius 2 is 1.74 bits per heavy atom. The van der Waals surface area contributed by atoms with Crippen molar-refractivity contribution in [1.82, 2.24) is 15.0 Å². The average molecular weight is 668 g/mol. The van der Waals surface area contributed by atoms with E-state index < -0.39 is 33.6 Å². The number of halogens is 5. The zero-order chi connectivity index (χ0) is 32.8. The molecule has 5 N–H and O–H groups in total. The van der Waals surface area contributed by atoms with Crippen LogP contribution < -0.4 is 20.5 Å². The summed E-state index contributed by atoms with van der Waals surface area (Å²) >= 11 is 12.9. The highest BCUT2D eigenvalue weighted by Crippen LogP contribution is 2.34. The van der Waals surface area contributed by atoms with Crippen LogP contribution in [0.2, 0.25) is 10.0 Å². The number of para-hydroxylation sites is 1. The summed E-state index contributed by atoms with van der Waals surface area (Å²) in [5.41, 5.74) is 6.91. The van der Waals surface area contributed by atoms with Crippen LogP contribution in [0.25, 0.3) is 10.9 Å². The molecular weight excluding hydrogens is 636 g/mol. The van der Waals surface area contributed by atoms with E-state index in [9.17, 15) is 26.4 Å². The summed E-state index contributed by atoms with van der Waals surface area (Å²) in [4.78, 5) is 25.8. The minimum absolute atomic E-state index is 0.0855. The Kier molecular flexibility index (Phi) is 12.2. The van der Waals surface area contributed by atoms with Gasteiger partial charge in [0, 0.05) is 28.2 Å². The highest BCUT2D eigenvalue weighted by Gasteiger charge is 2.38. The molecule has 3 rings (SSSR count). The van der Waals surface area contributed by atoms with E-state index in [4.69, 9.17) is 43.6 Å². The van der Waals surface area contributed by atoms with Crippen LogP contribution in [0.15, 0.2) is 41.3 Å². The van der Waals surface area contributed by atoms with Gasteiger partial charge in [-0.05, 0) is 70.5 Å². The van der Waals surface area contributed by atoms with Gasteiger partial charge in [0.25, 0.3) is 0 Å². The number of carbonyl (C=O) groups is 2. The van der Waals surface area contributed by atoms with Crippen LogP contribution in [0, 0.1) is 13.8 Å². The van der Waals surface area contributed by atoms with Gasteiger partial charge in [0.2, 0.25) is 15.9 Å². The number of pyridine rings is 1. The van der Waals surface area contributed by atoms with Crippen molar-refractivity contribution in [2.75, 3.05) is 13.1 Å². The number of rotatable bonds is 10. The number of carboxylic acids is 1. The van der Waals surface area contributed by atoms with Crippen molar-refractivity contribution in [3.05, 3.63) is 63.3 Å². The van der Waals surface area contributed by atoms with Crippen LogP contribution in [0.4, 0.5) is 13.2 Å². The molecule has 3 aromatic rings. The monoisotopic (exact) mass is 666 g/mol. The van der Waals surface area contributed by atoms with Gasteiger partial charge in [0.1, 0.15) is 28.3 Å². The molecule has 0 spiro atoms. The van der Waals surface area contributed by atoms with Crippen LogP contribution in [0.3, 0.4) is 0 Å².